The molecule has 0 spiro atoms. The third-order valence-electron chi connectivity index (χ3n) is 0.0583. The molecule has 0 rings (SSSR count). The molecule has 0 aromatic rings. The Morgan fingerprint density at radius 1 is 2.00 bits per heavy atom. The summed E-state index contributed by atoms with van der Waals surface area (Å²) in [5.41, 5.74) is 0. The van der Waals surface area contributed by atoms with E-state index in [0.29, 0.717) is 6.67 Å². The lowest BCUT2D eigenvalue weighted by molar-refractivity contribution is 0.631. The predicted octanol–water partition coefficient (Wildman–Crippen LogP) is 1.36. The molecule has 0 unspecified atom stereocenters. The van der Waals surface area contributed by atoms with Crippen LogP contribution in [0, 0.1) is 6.67 Å². The summed E-state index contributed by atoms with van der Waals surface area (Å²) in [5, 5.41) is 0. The number of rotatable bonds is 1. The van der Waals surface area contributed by atoms with Crippen molar-refractivity contribution in [2.75, 3.05) is 5.88 Å². The van der Waals surface area contributed by atoms with Crippen molar-refractivity contribution in [3.05, 3.63) is 6.67 Å². The van der Waals surface area contributed by atoms with E-state index in [1.54, 1.807) is 0 Å². The molecule has 0 aliphatic heterocycles. The zero-order valence-corrected chi connectivity index (χ0v) is 2.80. The second-order valence-electron chi connectivity index (χ2n) is 0.309. The van der Waals surface area contributed by atoms with Gasteiger partial charge in [0, 0.05) is 0 Å². The van der Waals surface area contributed by atoms with Crippen molar-refractivity contribution in [1.29, 1.82) is 0 Å². The lowest BCUT2D eigenvalue weighted by Crippen LogP contribution is -1.54. The molecule has 0 fully saturated rings. The molecule has 0 bridgehead atoms. The Morgan fingerprint density at radius 3 is 2.25 bits per heavy atom. The first kappa shape index (κ1) is 4.22. The zero-order valence-electron chi connectivity index (χ0n) is 2.04. The van der Waals surface area contributed by atoms with Crippen molar-refractivity contribution in [3.8, 4) is 0 Å². The average Bonchev–Trinajstić information content (AvgIpc) is 1.37. The molecule has 0 atom stereocenters. The van der Waals surface area contributed by atoms with Gasteiger partial charge >= 0.3 is 0 Å². The van der Waals surface area contributed by atoms with E-state index in [0.717, 1.165) is 0 Å². The van der Waals surface area contributed by atoms with Gasteiger partial charge in [-0.3, -0.25) is 0 Å². The maximum atomic E-state index is 10.5. The van der Waals surface area contributed by atoms with Crippen LogP contribution in [0.5, 0.6) is 0 Å². The van der Waals surface area contributed by atoms with Gasteiger partial charge in [0.2, 0.25) is 0 Å². The summed E-state index contributed by atoms with van der Waals surface area (Å²) in [6.45, 7) is 0.390. The quantitative estimate of drug-likeness (QED) is 0.418. The Labute approximate surface area is 29.6 Å². The largest absolute Gasteiger partial charge is 0.243 e. The van der Waals surface area contributed by atoms with Gasteiger partial charge in [-0.1, -0.05) is 0 Å². The second kappa shape index (κ2) is 3.22. The molecule has 25 valence electrons. The zero-order chi connectivity index (χ0) is 3.41. The molecule has 2 heteroatoms. The lowest BCUT2D eigenvalue weighted by Gasteiger charge is -1.60. The highest BCUT2D eigenvalue weighted by atomic mass is 35.5. The lowest BCUT2D eigenvalue weighted by atomic mass is 10.9. The van der Waals surface area contributed by atoms with Crippen molar-refractivity contribution in [2.24, 2.45) is 0 Å². The summed E-state index contributed by atoms with van der Waals surface area (Å²) in [6.07, 6.45) is 0. The van der Waals surface area contributed by atoms with Gasteiger partial charge < -0.3 is 0 Å². The van der Waals surface area contributed by atoms with Crippen LogP contribution in [0.15, 0.2) is 0 Å². The second-order valence-corrected chi connectivity index (χ2v) is 0.617. The SMILES string of the molecule is F[CH]CCl. The molecule has 0 aromatic carbocycles. The normalized spacial score (nSPS) is 7.50. The first-order valence-electron chi connectivity index (χ1n) is 0.894. The number of hydrogen-bond donors (Lipinski definition) is 0. The Balaban J connectivity index is 1.97. The van der Waals surface area contributed by atoms with Crippen molar-refractivity contribution >= 4 is 11.6 Å². The van der Waals surface area contributed by atoms with E-state index < -0.39 is 0 Å². The molecule has 0 nitrogen and oxygen atoms in total. The Kier molecular flexibility index (Phi) is 3.40. The van der Waals surface area contributed by atoms with E-state index in [1.807, 2.05) is 0 Å². The summed E-state index contributed by atoms with van der Waals surface area (Å²) < 4.78 is 10.5. The predicted molar refractivity (Wildman–Crippen MR) is 16.1 cm³/mol. The molecule has 0 aliphatic carbocycles. The highest BCUT2D eigenvalue weighted by molar-refractivity contribution is 6.18. The van der Waals surface area contributed by atoms with E-state index in [-0.39, 0.29) is 5.88 Å². The molecule has 1 radical (unpaired) electrons. The fourth-order valence-corrected chi connectivity index (χ4v) is 0. The van der Waals surface area contributed by atoms with Crippen molar-refractivity contribution in [2.45, 2.75) is 0 Å². The molecule has 0 heterocycles. The summed E-state index contributed by atoms with van der Waals surface area (Å²) >= 11 is 4.76. The van der Waals surface area contributed by atoms with Gasteiger partial charge in [0.15, 0.2) is 0 Å². The first-order chi connectivity index (χ1) is 1.91. The third-order valence-corrected chi connectivity index (χ3v) is 0.175. The van der Waals surface area contributed by atoms with Crippen molar-refractivity contribution in [3.63, 3.8) is 0 Å². The molecular weight excluding hydrogens is 78.5 g/mol. The molecular formula is C2H3ClF. The summed E-state index contributed by atoms with van der Waals surface area (Å²) in [7, 11) is 0. The number of hydrogen-bond acceptors (Lipinski definition) is 0. The Morgan fingerprint density at radius 2 is 2.25 bits per heavy atom. The molecule has 4 heavy (non-hydrogen) atoms. The fourth-order valence-electron chi connectivity index (χ4n) is 0. The van der Waals surface area contributed by atoms with Crippen LogP contribution in [0.25, 0.3) is 0 Å². The highest BCUT2D eigenvalue weighted by Crippen LogP contribution is 1.77. The van der Waals surface area contributed by atoms with Gasteiger partial charge in [-0.15, -0.1) is 11.6 Å². The average molecular weight is 81.5 g/mol. The van der Waals surface area contributed by atoms with E-state index in [9.17, 15) is 4.39 Å². The van der Waals surface area contributed by atoms with Gasteiger partial charge in [0.25, 0.3) is 0 Å². The molecule has 0 aliphatic rings. The van der Waals surface area contributed by atoms with Gasteiger partial charge in [0.05, 0.1) is 5.88 Å². The number of halogens is 2. The third kappa shape index (κ3) is 2.22. The maximum Gasteiger partial charge on any atom is 0.146 e. The van der Waals surface area contributed by atoms with Gasteiger partial charge in [0.1, 0.15) is 6.67 Å². The van der Waals surface area contributed by atoms with Gasteiger partial charge in [-0.2, -0.15) is 0 Å². The molecule has 0 amide bonds. The smallest absolute Gasteiger partial charge is 0.146 e. The Hall–Kier alpha value is 0.220. The molecule has 0 saturated carbocycles. The summed E-state index contributed by atoms with van der Waals surface area (Å²) in [6, 6.07) is 0. The van der Waals surface area contributed by atoms with Crippen LogP contribution in [-0.2, 0) is 0 Å². The van der Waals surface area contributed by atoms with Crippen molar-refractivity contribution < 1.29 is 4.39 Å². The van der Waals surface area contributed by atoms with Crippen LogP contribution in [0.2, 0.25) is 0 Å². The maximum absolute atomic E-state index is 10.5. The fraction of sp³-hybridized carbons (Fsp3) is 0.500. The summed E-state index contributed by atoms with van der Waals surface area (Å²) in [4.78, 5) is 0. The van der Waals surface area contributed by atoms with E-state index in [1.165, 1.54) is 0 Å². The topological polar surface area (TPSA) is 0 Å². The van der Waals surface area contributed by atoms with E-state index in [4.69, 9.17) is 11.6 Å². The van der Waals surface area contributed by atoms with Crippen LogP contribution in [0.1, 0.15) is 0 Å². The minimum atomic E-state index is 0. The van der Waals surface area contributed by atoms with Crippen LogP contribution in [-0.4, -0.2) is 5.88 Å². The molecule has 0 saturated heterocycles. The number of alkyl halides is 1. The molecule has 0 N–H and O–H groups in total. The van der Waals surface area contributed by atoms with Gasteiger partial charge in [-0.25, -0.2) is 4.39 Å². The minimum absolute atomic E-state index is 0. The highest BCUT2D eigenvalue weighted by Gasteiger charge is 1.65. The monoisotopic (exact) mass is 81.0 g/mol. The van der Waals surface area contributed by atoms with Crippen LogP contribution < -0.4 is 0 Å². The Bertz CT molecular complexity index is 8.00. The van der Waals surface area contributed by atoms with Crippen LogP contribution in [0.3, 0.4) is 0 Å². The molecule has 0 aromatic heterocycles. The standard InChI is InChI=1S/C2H3ClF/c3-1-2-4/h2H,1H2. The van der Waals surface area contributed by atoms with Gasteiger partial charge in [-0.05, 0) is 0 Å². The van der Waals surface area contributed by atoms with Crippen LogP contribution in [0.4, 0.5) is 4.39 Å². The minimum Gasteiger partial charge on any atom is -0.243 e. The first-order valence-corrected chi connectivity index (χ1v) is 1.43. The van der Waals surface area contributed by atoms with E-state index in [2.05, 4.69) is 0 Å². The van der Waals surface area contributed by atoms with E-state index >= 15 is 0 Å². The van der Waals surface area contributed by atoms with Crippen molar-refractivity contribution in [1.82, 2.24) is 0 Å². The van der Waals surface area contributed by atoms with Crippen LogP contribution >= 0.6 is 11.6 Å². The summed E-state index contributed by atoms with van der Waals surface area (Å²) in [5.74, 6) is 0.